The van der Waals surface area contributed by atoms with Crippen LogP contribution in [0.2, 0.25) is 0 Å². The van der Waals surface area contributed by atoms with Gasteiger partial charge in [0.05, 0.1) is 6.54 Å². The number of pyridine rings is 1. The standard InChI is InChI=1S/C20H22F3N3O/c21-20(22,23)17-7-4-8-18(25-17)24-14-19(27)26-11-9-16(10-12-26)13-15-5-2-1-3-6-15/h1-8,16H,9-14H2,(H,24,25). The zero-order valence-corrected chi connectivity index (χ0v) is 14.9. The lowest BCUT2D eigenvalue weighted by Crippen LogP contribution is -2.41. The number of halogens is 3. The molecule has 2 aromatic rings. The highest BCUT2D eigenvalue weighted by Gasteiger charge is 2.32. The van der Waals surface area contributed by atoms with Crippen LogP contribution in [-0.4, -0.2) is 35.4 Å². The largest absolute Gasteiger partial charge is 0.433 e. The molecule has 1 aliphatic rings. The van der Waals surface area contributed by atoms with E-state index in [-0.39, 0.29) is 18.3 Å². The molecule has 0 aliphatic carbocycles. The first-order valence-electron chi connectivity index (χ1n) is 9.01. The minimum atomic E-state index is -4.50. The van der Waals surface area contributed by atoms with Gasteiger partial charge < -0.3 is 10.2 Å². The summed E-state index contributed by atoms with van der Waals surface area (Å²) >= 11 is 0. The molecule has 27 heavy (non-hydrogen) atoms. The molecule has 1 saturated heterocycles. The fourth-order valence-corrected chi connectivity index (χ4v) is 3.30. The van der Waals surface area contributed by atoms with Crippen LogP contribution < -0.4 is 5.32 Å². The number of rotatable bonds is 5. The highest BCUT2D eigenvalue weighted by Crippen LogP contribution is 2.28. The second-order valence-corrected chi connectivity index (χ2v) is 6.77. The van der Waals surface area contributed by atoms with Crippen molar-refractivity contribution in [2.45, 2.75) is 25.4 Å². The zero-order chi connectivity index (χ0) is 19.3. The van der Waals surface area contributed by atoms with E-state index in [1.54, 1.807) is 4.90 Å². The van der Waals surface area contributed by atoms with Crippen molar-refractivity contribution in [3.8, 4) is 0 Å². The van der Waals surface area contributed by atoms with E-state index in [4.69, 9.17) is 0 Å². The molecule has 1 fully saturated rings. The van der Waals surface area contributed by atoms with Gasteiger partial charge in [-0.15, -0.1) is 0 Å². The minimum Gasteiger partial charge on any atom is -0.361 e. The van der Waals surface area contributed by atoms with E-state index < -0.39 is 11.9 Å². The summed E-state index contributed by atoms with van der Waals surface area (Å²) in [5.74, 6) is 0.485. The monoisotopic (exact) mass is 377 g/mol. The summed E-state index contributed by atoms with van der Waals surface area (Å²) in [4.78, 5) is 17.6. The summed E-state index contributed by atoms with van der Waals surface area (Å²) in [5.41, 5.74) is 0.334. The number of amides is 1. The van der Waals surface area contributed by atoms with Crippen LogP contribution in [0.5, 0.6) is 0 Å². The molecule has 4 nitrogen and oxygen atoms in total. The molecule has 0 radical (unpaired) electrons. The predicted molar refractivity (Wildman–Crippen MR) is 97.2 cm³/mol. The Morgan fingerprint density at radius 1 is 1.07 bits per heavy atom. The summed E-state index contributed by atoms with van der Waals surface area (Å²) in [6.07, 6.45) is -1.62. The third kappa shape index (κ3) is 5.45. The minimum absolute atomic E-state index is 0.0529. The van der Waals surface area contributed by atoms with Crippen molar-refractivity contribution in [1.82, 2.24) is 9.88 Å². The molecule has 0 saturated carbocycles. The molecule has 0 spiro atoms. The molecule has 144 valence electrons. The molecule has 0 atom stereocenters. The summed E-state index contributed by atoms with van der Waals surface area (Å²) in [6.45, 7) is 1.29. The second kappa shape index (κ2) is 8.41. The van der Waals surface area contributed by atoms with Gasteiger partial charge in [-0.05, 0) is 42.9 Å². The maximum absolute atomic E-state index is 12.7. The maximum atomic E-state index is 12.7. The summed E-state index contributed by atoms with van der Waals surface area (Å²) < 4.78 is 38.1. The van der Waals surface area contributed by atoms with Crippen molar-refractivity contribution in [3.05, 3.63) is 59.8 Å². The van der Waals surface area contributed by atoms with Crippen LogP contribution in [0.15, 0.2) is 48.5 Å². The van der Waals surface area contributed by atoms with Crippen molar-refractivity contribution in [2.75, 3.05) is 25.0 Å². The Hall–Kier alpha value is -2.57. The van der Waals surface area contributed by atoms with Gasteiger partial charge in [-0.25, -0.2) is 4.98 Å². The van der Waals surface area contributed by atoms with Gasteiger partial charge in [-0.1, -0.05) is 36.4 Å². The van der Waals surface area contributed by atoms with E-state index in [2.05, 4.69) is 22.4 Å². The molecular formula is C20H22F3N3O. The second-order valence-electron chi connectivity index (χ2n) is 6.77. The SMILES string of the molecule is O=C(CNc1cccc(C(F)(F)F)n1)N1CCC(Cc2ccccc2)CC1. The number of likely N-dealkylation sites (tertiary alicyclic amines) is 1. The van der Waals surface area contributed by atoms with E-state index in [0.717, 1.165) is 25.3 Å². The number of hydrogen-bond donors (Lipinski definition) is 1. The van der Waals surface area contributed by atoms with E-state index in [9.17, 15) is 18.0 Å². The number of aromatic nitrogens is 1. The lowest BCUT2D eigenvalue weighted by atomic mass is 9.90. The van der Waals surface area contributed by atoms with Gasteiger partial charge in [0.2, 0.25) is 5.91 Å². The van der Waals surface area contributed by atoms with E-state index >= 15 is 0 Å². The highest BCUT2D eigenvalue weighted by atomic mass is 19.4. The number of hydrogen-bond acceptors (Lipinski definition) is 3. The molecule has 1 N–H and O–H groups in total. The van der Waals surface area contributed by atoms with Crippen molar-refractivity contribution in [2.24, 2.45) is 5.92 Å². The Morgan fingerprint density at radius 2 is 1.78 bits per heavy atom. The van der Waals surface area contributed by atoms with Gasteiger partial charge in [0.25, 0.3) is 0 Å². The number of piperidine rings is 1. The average Bonchev–Trinajstić information content (AvgIpc) is 2.67. The molecule has 1 aromatic carbocycles. The lowest BCUT2D eigenvalue weighted by Gasteiger charge is -2.32. The van der Waals surface area contributed by atoms with Gasteiger partial charge in [-0.2, -0.15) is 13.2 Å². The first kappa shape index (κ1) is 19.2. The zero-order valence-electron chi connectivity index (χ0n) is 14.9. The number of nitrogens with one attached hydrogen (secondary N) is 1. The third-order valence-electron chi connectivity index (χ3n) is 4.79. The molecule has 1 aliphatic heterocycles. The number of benzene rings is 1. The lowest BCUT2D eigenvalue weighted by molar-refractivity contribution is -0.141. The van der Waals surface area contributed by atoms with Crippen molar-refractivity contribution >= 4 is 11.7 Å². The van der Waals surface area contributed by atoms with Crippen LogP contribution in [-0.2, 0) is 17.4 Å². The first-order valence-corrected chi connectivity index (χ1v) is 9.01. The number of carbonyl (C=O) groups excluding carboxylic acids is 1. The van der Waals surface area contributed by atoms with Gasteiger partial charge in [0.15, 0.2) is 0 Å². The molecule has 1 aromatic heterocycles. The summed E-state index contributed by atoms with van der Waals surface area (Å²) in [5, 5.41) is 2.70. The van der Waals surface area contributed by atoms with Crippen molar-refractivity contribution in [3.63, 3.8) is 0 Å². The number of nitrogens with zero attached hydrogens (tertiary/aromatic N) is 2. The maximum Gasteiger partial charge on any atom is 0.433 e. The predicted octanol–water partition coefficient (Wildman–Crippen LogP) is 3.99. The normalized spacial score (nSPS) is 15.6. The summed E-state index contributed by atoms with van der Waals surface area (Å²) in [6, 6.07) is 13.9. The third-order valence-corrected chi connectivity index (χ3v) is 4.79. The number of anilines is 1. The van der Waals surface area contributed by atoms with Crippen LogP contribution >= 0.6 is 0 Å². The number of carbonyl (C=O) groups is 1. The number of alkyl halides is 3. The summed E-state index contributed by atoms with van der Waals surface area (Å²) in [7, 11) is 0. The van der Waals surface area contributed by atoms with Crippen LogP contribution in [0.25, 0.3) is 0 Å². The van der Waals surface area contributed by atoms with E-state index in [1.165, 1.54) is 17.7 Å². The van der Waals surface area contributed by atoms with Crippen LogP contribution in [0.3, 0.4) is 0 Å². The molecule has 1 amide bonds. The molecule has 0 bridgehead atoms. The Morgan fingerprint density at radius 3 is 2.44 bits per heavy atom. The molecular weight excluding hydrogens is 355 g/mol. The van der Waals surface area contributed by atoms with Gasteiger partial charge in [0, 0.05) is 13.1 Å². The van der Waals surface area contributed by atoms with Gasteiger partial charge in [-0.3, -0.25) is 4.79 Å². The smallest absolute Gasteiger partial charge is 0.361 e. The van der Waals surface area contributed by atoms with Crippen LogP contribution in [0.4, 0.5) is 19.0 Å². The molecule has 2 heterocycles. The average molecular weight is 377 g/mol. The fraction of sp³-hybridized carbons (Fsp3) is 0.400. The Bertz CT molecular complexity index is 757. The Kier molecular flexibility index (Phi) is 5.98. The highest BCUT2D eigenvalue weighted by molar-refractivity contribution is 5.80. The topological polar surface area (TPSA) is 45.2 Å². The molecule has 0 unspecified atom stereocenters. The van der Waals surface area contributed by atoms with Crippen LogP contribution in [0, 0.1) is 5.92 Å². The molecule has 3 rings (SSSR count). The van der Waals surface area contributed by atoms with Crippen LogP contribution in [0.1, 0.15) is 24.1 Å². The van der Waals surface area contributed by atoms with Gasteiger partial charge in [0.1, 0.15) is 11.5 Å². The molecule has 7 heteroatoms. The fourth-order valence-electron chi connectivity index (χ4n) is 3.30. The first-order chi connectivity index (χ1) is 12.9. The Labute approximate surface area is 156 Å². The van der Waals surface area contributed by atoms with E-state index in [1.807, 2.05) is 18.2 Å². The quantitative estimate of drug-likeness (QED) is 0.857. The van der Waals surface area contributed by atoms with Gasteiger partial charge >= 0.3 is 6.18 Å². The van der Waals surface area contributed by atoms with Crippen molar-refractivity contribution in [1.29, 1.82) is 0 Å². The van der Waals surface area contributed by atoms with E-state index in [0.29, 0.717) is 19.0 Å². The Balaban J connectivity index is 1.46. The van der Waals surface area contributed by atoms with Crippen molar-refractivity contribution < 1.29 is 18.0 Å².